The molecule has 2 atom stereocenters. The summed E-state index contributed by atoms with van der Waals surface area (Å²) in [5.41, 5.74) is 3.90. The maximum absolute atomic E-state index is 6.25. The molecule has 0 spiro atoms. The smallest absolute Gasteiger partial charge is 0.0789 e. The SMILES string of the molecule is COC(C(Cc1ccc(Br)cc1Cl)NN)C(C)(C)C. The van der Waals surface area contributed by atoms with Crippen LogP contribution in [0.3, 0.4) is 0 Å². The molecule has 108 valence electrons. The van der Waals surface area contributed by atoms with Crippen molar-refractivity contribution in [3.05, 3.63) is 33.3 Å². The highest BCUT2D eigenvalue weighted by Crippen LogP contribution is 2.28. The van der Waals surface area contributed by atoms with Crippen molar-refractivity contribution in [1.82, 2.24) is 5.43 Å². The maximum atomic E-state index is 6.25. The number of methoxy groups -OCH3 is 1. The lowest BCUT2D eigenvalue weighted by Crippen LogP contribution is -2.51. The zero-order chi connectivity index (χ0) is 14.6. The summed E-state index contributed by atoms with van der Waals surface area (Å²) in [7, 11) is 1.71. The first kappa shape index (κ1) is 16.9. The largest absolute Gasteiger partial charge is 0.379 e. The van der Waals surface area contributed by atoms with Crippen molar-refractivity contribution in [2.45, 2.75) is 39.3 Å². The molecule has 0 amide bonds. The standard InChI is InChI=1S/C14H22BrClN2O/c1-14(2,3)13(19-4)12(18-17)7-9-5-6-10(15)8-11(9)16/h5-6,8,12-13,18H,7,17H2,1-4H3. The summed E-state index contributed by atoms with van der Waals surface area (Å²) in [6.07, 6.45) is 0.718. The van der Waals surface area contributed by atoms with Crippen LogP contribution in [-0.2, 0) is 11.2 Å². The van der Waals surface area contributed by atoms with Crippen LogP contribution in [0, 0.1) is 5.41 Å². The van der Waals surface area contributed by atoms with Crippen LogP contribution in [0.5, 0.6) is 0 Å². The lowest BCUT2D eigenvalue weighted by atomic mass is 9.82. The van der Waals surface area contributed by atoms with Crippen molar-refractivity contribution in [3.8, 4) is 0 Å². The monoisotopic (exact) mass is 348 g/mol. The molecule has 2 unspecified atom stereocenters. The minimum atomic E-state index is -0.00632. The number of halogens is 2. The van der Waals surface area contributed by atoms with Crippen molar-refractivity contribution in [2.24, 2.45) is 11.3 Å². The zero-order valence-electron chi connectivity index (χ0n) is 11.8. The Balaban J connectivity index is 2.92. The highest BCUT2D eigenvalue weighted by atomic mass is 79.9. The van der Waals surface area contributed by atoms with Crippen LogP contribution in [-0.4, -0.2) is 19.3 Å². The average molecular weight is 350 g/mol. The lowest BCUT2D eigenvalue weighted by molar-refractivity contribution is -0.0110. The Labute approximate surface area is 128 Å². The summed E-state index contributed by atoms with van der Waals surface area (Å²) in [5.74, 6) is 5.69. The van der Waals surface area contributed by atoms with E-state index in [9.17, 15) is 0 Å². The number of nitrogens with two attached hydrogens (primary N) is 1. The van der Waals surface area contributed by atoms with Gasteiger partial charge in [-0.1, -0.05) is 54.4 Å². The first-order valence-corrected chi connectivity index (χ1v) is 7.39. The van der Waals surface area contributed by atoms with Gasteiger partial charge < -0.3 is 4.74 Å². The third-order valence-corrected chi connectivity index (χ3v) is 3.99. The second-order valence-corrected chi connectivity index (χ2v) is 7.06. The molecule has 0 bridgehead atoms. The van der Waals surface area contributed by atoms with Crippen molar-refractivity contribution >= 4 is 27.5 Å². The van der Waals surface area contributed by atoms with Gasteiger partial charge in [-0.05, 0) is 29.5 Å². The molecule has 0 aliphatic heterocycles. The van der Waals surface area contributed by atoms with Gasteiger partial charge in [0, 0.05) is 16.6 Å². The van der Waals surface area contributed by atoms with E-state index in [1.165, 1.54) is 0 Å². The highest BCUT2D eigenvalue weighted by molar-refractivity contribution is 9.10. The van der Waals surface area contributed by atoms with Gasteiger partial charge in [0.2, 0.25) is 0 Å². The first-order valence-electron chi connectivity index (χ1n) is 6.22. The van der Waals surface area contributed by atoms with Crippen molar-refractivity contribution in [3.63, 3.8) is 0 Å². The number of ether oxygens (including phenoxy) is 1. The fourth-order valence-corrected chi connectivity index (χ4v) is 3.05. The zero-order valence-corrected chi connectivity index (χ0v) is 14.2. The van der Waals surface area contributed by atoms with Crippen molar-refractivity contribution in [2.75, 3.05) is 7.11 Å². The van der Waals surface area contributed by atoms with Crippen LogP contribution in [0.4, 0.5) is 0 Å². The van der Waals surface area contributed by atoms with Gasteiger partial charge in [-0.2, -0.15) is 0 Å². The molecular weight excluding hydrogens is 328 g/mol. The fourth-order valence-electron chi connectivity index (χ4n) is 2.30. The highest BCUT2D eigenvalue weighted by Gasteiger charge is 2.32. The minimum Gasteiger partial charge on any atom is -0.379 e. The molecule has 0 radical (unpaired) electrons. The Morgan fingerprint density at radius 1 is 1.42 bits per heavy atom. The van der Waals surface area contributed by atoms with E-state index in [-0.39, 0.29) is 17.6 Å². The van der Waals surface area contributed by atoms with E-state index in [1.807, 2.05) is 18.2 Å². The summed E-state index contributed by atoms with van der Waals surface area (Å²) in [6.45, 7) is 6.40. The summed E-state index contributed by atoms with van der Waals surface area (Å²) in [4.78, 5) is 0. The Kier molecular flexibility index (Phi) is 6.27. The van der Waals surface area contributed by atoms with Crippen molar-refractivity contribution < 1.29 is 4.74 Å². The first-order chi connectivity index (χ1) is 8.79. The number of benzene rings is 1. The van der Waals surface area contributed by atoms with Gasteiger partial charge in [-0.15, -0.1) is 0 Å². The number of hydrogen-bond donors (Lipinski definition) is 2. The normalized spacial score (nSPS) is 15.3. The molecule has 3 N–H and O–H groups in total. The van der Waals surface area contributed by atoms with Gasteiger partial charge in [-0.3, -0.25) is 11.3 Å². The summed E-state index contributed by atoms with van der Waals surface area (Å²) in [6, 6.07) is 5.88. The van der Waals surface area contributed by atoms with Gasteiger partial charge in [0.1, 0.15) is 0 Å². The molecule has 1 rings (SSSR count). The molecular formula is C14H22BrClN2O. The second-order valence-electron chi connectivity index (χ2n) is 5.74. The Bertz CT molecular complexity index is 420. The molecule has 5 heteroatoms. The molecule has 0 fully saturated rings. The minimum absolute atomic E-state index is 0.00258. The molecule has 0 aliphatic carbocycles. The third kappa shape index (κ3) is 4.72. The molecule has 1 aromatic carbocycles. The Morgan fingerprint density at radius 3 is 2.47 bits per heavy atom. The van der Waals surface area contributed by atoms with E-state index in [1.54, 1.807) is 7.11 Å². The molecule has 0 saturated heterocycles. The van der Waals surface area contributed by atoms with E-state index in [2.05, 4.69) is 42.1 Å². The third-order valence-electron chi connectivity index (χ3n) is 3.14. The Hall–Kier alpha value is -0.130. The fraction of sp³-hybridized carbons (Fsp3) is 0.571. The quantitative estimate of drug-likeness (QED) is 0.631. The second kappa shape index (κ2) is 7.04. The molecule has 0 heterocycles. The maximum Gasteiger partial charge on any atom is 0.0789 e. The van der Waals surface area contributed by atoms with E-state index >= 15 is 0 Å². The summed E-state index contributed by atoms with van der Waals surface area (Å²) < 4.78 is 6.58. The van der Waals surface area contributed by atoms with Gasteiger partial charge in [-0.25, -0.2) is 0 Å². The summed E-state index contributed by atoms with van der Waals surface area (Å²) >= 11 is 9.66. The Morgan fingerprint density at radius 2 is 2.05 bits per heavy atom. The van der Waals surface area contributed by atoms with Crippen LogP contribution >= 0.6 is 27.5 Å². The van der Waals surface area contributed by atoms with E-state index in [0.717, 1.165) is 21.5 Å². The van der Waals surface area contributed by atoms with Gasteiger partial charge >= 0.3 is 0 Å². The number of hydrazine groups is 1. The van der Waals surface area contributed by atoms with Crippen molar-refractivity contribution in [1.29, 1.82) is 0 Å². The molecule has 1 aromatic rings. The predicted octanol–water partition coefficient (Wildman–Crippen LogP) is 3.54. The molecule has 0 saturated carbocycles. The average Bonchev–Trinajstić information content (AvgIpc) is 2.30. The van der Waals surface area contributed by atoms with E-state index in [0.29, 0.717) is 0 Å². The van der Waals surface area contributed by atoms with Crippen LogP contribution in [0.15, 0.2) is 22.7 Å². The van der Waals surface area contributed by atoms with Crippen LogP contribution in [0.2, 0.25) is 5.02 Å². The van der Waals surface area contributed by atoms with Gasteiger partial charge in [0.25, 0.3) is 0 Å². The lowest BCUT2D eigenvalue weighted by Gasteiger charge is -2.35. The number of rotatable bonds is 5. The van der Waals surface area contributed by atoms with Crippen LogP contribution in [0.25, 0.3) is 0 Å². The van der Waals surface area contributed by atoms with Gasteiger partial charge in [0.15, 0.2) is 0 Å². The van der Waals surface area contributed by atoms with Crippen LogP contribution in [0.1, 0.15) is 26.3 Å². The van der Waals surface area contributed by atoms with E-state index in [4.69, 9.17) is 22.2 Å². The van der Waals surface area contributed by atoms with Crippen LogP contribution < -0.4 is 11.3 Å². The molecule has 19 heavy (non-hydrogen) atoms. The topological polar surface area (TPSA) is 47.3 Å². The molecule has 3 nitrogen and oxygen atoms in total. The number of nitrogens with one attached hydrogen (secondary N) is 1. The van der Waals surface area contributed by atoms with E-state index < -0.39 is 0 Å². The molecule has 0 aromatic heterocycles. The number of hydrogen-bond acceptors (Lipinski definition) is 3. The predicted molar refractivity (Wildman–Crippen MR) is 84.2 cm³/mol. The summed E-state index contributed by atoms with van der Waals surface area (Å²) in [5, 5.41) is 0.735. The van der Waals surface area contributed by atoms with Gasteiger partial charge in [0.05, 0.1) is 12.1 Å². The molecule has 0 aliphatic rings.